The van der Waals surface area contributed by atoms with Gasteiger partial charge in [-0.25, -0.2) is 0 Å². The quantitative estimate of drug-likeness (QED) is 0.910. The van der Waals surface area contributed by atoms with Gasteiger partial charge in [0.15, 0.2) is 0 Å². The summed E-state index contributed by atoms with van der Waals surface area (Å²) in [5.41, 5.74) is 6.46. The van der Waals surface area contributed by atoms with Crippen molar-refractivity contribution in [3.8, 4) is 0 Å². The number of amides is 1. The Morgan fingerprint density at radius 2 is 2.21 bits per heavy atom. The molecule has 0 spiro atoms. The molecule has 0 saturated heterocycles. The van der Waals surface area contributed by atoms with Crippen LogP contribution < -0.4 is 5.73 Å². The lowest BCUT2D eigenvalue weighted by Crippen LogP contribution is -2.34. The largest absolute Gasteiger partial charge is 0.368 e. The number of benzene rings is 1. The molecule has 2 N–H and O–H groups in total. The van der Waals surface area contributed by atoms with Crippen LogP contribution in [0.5, 0.6) is 0 Å². The number of thiophene rings is 1. The summed E-state index contributed by atoms with van der Waals surface area (Å²) in [5.74, 6) is -0.336. The van der Waals surface area contributed by atoms with Gasteiger partial charge in [0.05, 0.1) is 0 Å². The van der Waals surface area contributed by atoms with Crippen molar-refractivity contribution in [1.29, 1.82) is 0 Å². The molecule has 19 heavy (non-hydrogen) atoms. The Morgan fingerprint density at radius 3 is 2.79 bits per heavy atom. The van der Waals surface area contributed by atoms with Gasteiger partial charge < -0.3 is 5.73 Å². The Hall–Kier alpha value is -1.17. The van der Waals surface area contributed by atoms with Crippen molar-refractivity contribution in [1.82, 2.24) is 4.90 Å². The van der Waals surface area contributed by atoms with Gasteiger partial charge in [0.25, 0.3) is 0 Å². The van der Waals surface area contributed by atoms with E-state index in [2.05, 4.69) is 22.0 Å². The first-order valence-electron chi connectivity index (χ1n) is 5.85. The molecule has 0 aliphatic carbocycles. The van der Waals surface area contributed by atoms with Crippen molar-refractivity contribution in [2.24, 2.45) is 5.73 Å². The number of halogens is 1. The van der Waals surface area contributed by atoms with Crippen LogP contribution in [0.2, 0.25) is 0 Å². The molecule has 0 aliphatic rings. The molecule has 3 nitrogen and oxygen atoms in total. The molecule has 1 heterocycles. The minimum Gasteiger partial charge on any atom is -0.368 e. The minimum atomic E-state index is -0.417. The van der Waals surface area contributed by atoms with Crippen molar-refractivity contribution >= 4 is 33.2 Å². The van der Waals surface area contributed by atoms with Gasteiger partial charge >= 0.3 is 0 Å². The number of rotatable bonds is 5. The number of hydrogen-bond donors (Lipinski definition) is 1. The highest BCUT2D eigenvalue weighted by Gasteiger charge is 2.23. The summed E-state index contributed by atoms with van der Waals surface area (Å²) in [6.07, 6.45) is 0. The highest BCUT2D eigenvalue weighted by atomic mass is 79.9. The second-order valence-electron chi connectivity index (χ2n) is 4.35. The summed E-state index contributed by atoms with van der Waals surface area (Å²) in [6, 6.07) is 11.3. The maximum Gasteiger partial charge on any atom is 0.239 e. The van der Waals surface area contributed by atoms with Crippen LogP contribution >= 0.6 is 27.3 Å². The number of hydrogen-bond acceptors (Lipinski definition) is 3. The van der Waals surface area contributed by atoms with E-state index in [0.29, 0.717) is 6.54 Å². The second kappa shape index (κ2) is 6.32. The van der Waals surface area contributed by atoms with Crippen LogP contribution in [0.1, 0.15) is 16.5 Å². The number of primary amides is 1. The third-order valence-corrected chi connectivity index (χ3v) is 4.21. The molecule has 2 rings (SSSR count). The van der Waals surface area contributed by atoms with Crippen LogP contribution in [-0.4, -0.2) is 17.9 Å². The lowest BCUT2D eigenvalue weighted by molar-refractivity contribution is -0.123. The van der Waals surface area contributed by atoms with Gasteiger partial charge in [0.1, 0.15) is 6.04 Å². The zero-order valence-corrected chi connectivity index (χ0v) is 12.9. The average molecular weight is 339 g/mol. The van der Waals surface area contributed by atoms with Crippen molar-refractivity contribution in [2.75, 3.05) is 7.05 Å². The normalized spacial score (nSPS) is 12.6. The Bertz CT molecular complexity index is 556. The molecule has 1 unspecified atom stereocenters. The number of nitrogens with zero attached hydrogens (tertiary/aromatic N) is 1. The molecule has 1 aromatic carbocycles. The first kappa shape index (κ1) is 14.2. The van der Waals surface area contributed by atoms with Gasteiger partial charge in [-0.2, -0.15) is 0 Å². The van der Waals surface area contributed by atoms with E-state index in [1.54, 1.807) is 11.3 Å². The molecule has 100 valence electrons. The van der Waals surface area contributed by atoms with Gasteiger partial charge in [-0.1, -0.05) is 34.1 Å². The van der Waals surface area contributed by atoms with Gasteiger partial charge in [-0.3, -0.25) is 9.69 Å². The topological polar surface area (TPSA) is 46.3 Å². The van der Waals surface area contributed by atoms with E-state index < -0.39 is 6.04 Å². The minimum absolute atomic E-state index is 0.336. The van der Waals surface area contributed by atoms with Gasteiger partial charge in [0.2, 0.25) is 5.91 Å². The molecule has 0 bridgehead atoms. The van der Waals surface area contributed by atoms with Crippen LogP contribution in [0.4, 0.5) is 0 Å². The third kappa shape index (κ3) is 3.65. The molecule has 1 aromatic heterocycles. The third-order valence-electron chi connectivity index (χ3n) is 2.86. The Balaban J connectivity index is 2.22. The predicted molar refractivity (Wildman–Crippen MR) is 81.9 cm³/mol. The number of carbonyl (C=O) groups is 1. The molecule has 0 aliphatic heterocycles. The lowest BCUT2D eigenvalue weighted by atomic mass is 10.1. The van der Waals surface area contributed by atoms with E-state index in [9.17, 15) is 4.79 Å². The number of nitrogens with two attached hydrogens (primary N) is 1. The van der Waals surface area contributed by atoms with Crippen LogP contribution in [0.15, 0.2) is 46.3 Å². The van der Waals surface area contributed by atoms with Gasteiger partial charge in [0, 0.05) is 15.9 Å². The fourth-order valence-electron chi connectivity index (χ4n) is 2.05. The summed E-state index contributed by atoms with van der Waals surface area (Å²) in [4.78, 5) is 14.9. The predicted octanol–water partition coefficient (Wildman–Crippen LogP) is 3.17. The zero-order valence-electron chi connectivity index (χ0n) is 10.5. The van der Waals surface area contributed by atoms with E-state index in [0.717, 1.165) is 10.0 Å². The summed E-state index contributed by atoms with van der Waals surface area (Å²) in [6.45, 7) is 0.706. The lowest BCUT2D eigenvalue weighted by Gasteiger charge is -2.25. The first-order chi connectivity index (χ1) is 9.08. The fraction of sp³-hybridized carbons (Fsp3) is 0.214. The molecule has 1 amide bonds. The maximum atomic E-state index is 11.7. The van der Waals surface area contributed by atoms with Gasteiger partial charge in [-0.05, 0) is 36.2 Å². The smallest absolute Gasteiger partial charge is 0.239 e. The van der Waals surface area contributed by atoms with Crippen molar-refractivity contribution in [3.05, 3.63) is 56.7 Å². The molecule has 2 aromatic rings. The summed E-state index contributed by atoms with van der Waals surface area (Å²) < 4.78 is 0.945. The highest BCUT2D eigenvalue weighted by Crippen LogP contribution is 2.24. The van der Waals surface area contributed by atoms with E-state index >= 15 is 0 Å². The fourth-order valence-corrected chi connectivity index (χ4v) is 3.24. The van der Waals surface area contributed by atoms with Crippen LogP contribution in [0.25, 0.3) is 0 Å². The summed E-state index contributed by atoms with van der Waals surface area (Å²) in [7, 11) is 1.91. The Morgan fingerprint density at radius 1 is 1.42 bits per heavy atom. The standard InChI is InChI=1S/C14H15BrN2OS/c1-17(9-12-6-3-7-19-12)13(14(16)18)10-4-2-5-11(15)8-10/h2-8,13H,9H2,1H3,(H2,16,18). The maximum absolute atomic E-state index is 11.7. The SMILES string of the molecule is CN(Cc1cccs1)C(C(N)=O)c1cccc(Br)c1. The average Bonchev–Trinajstić information content (AvgIpc) is 2.81. The molecular formula is C14H15BrN2OS. The molecule has 0 saturated carbocycles. The summed E-state index contributed by atoms with van der Waals surface area (Å²) in [5, 5.41) is 2.03. The second-order valence-corrected chi connectivity index (χ2v) is 6.30. The van der Waals surface area contributed by atoms with Gasteiger partial charge in [-0.15, -0.1) is 11.3 Å². The summed E-state index contributed by atoms with van der Waals surface area (Å²) >= 11 is 5.10. The molecular weight excluding hydrogens is 324 g/mol. The van der Waals surface area contributed by atoms with Crippen LogP contribution in [0.3, 0.4) is 0 Å². The van der Waals surface area contributed by atoms with E-state index in [4.69, 9.17) is 5.73 Å². The molecule has 1 atom stereocenters. The van der Waals surface area contributed by atoms with Crippen molar-refractivity contribution in [3.63, 3.8) is 0 Å². The van der Waals surface area contributed by atoms with Crippen molar-refractivity contribution < 1.29 is 4.79 Å². The monoisotopic (exact) mass is 338 g/mol. The highest BCUT2D eigenvalue weighted by molar-refractivity contribution is 9.10. The molecule has 0 radical (unpaired) electrons. The van der Waals surface area contributed by atoms with Crippen LogP contribution in [0, 0.1) is 0 Å². The number of carbonyl (C=O) groups excluding carboxylic acids is 1. The first-order valence-corrected chi connectivity index (χ1v) is 7.52. The Kier molecular flexibility index (Phi) is 4.74. The van der Waals surface area contributed by atoms with E-state index in [1.807, 2.05) is 47.7 Å². The zero-order chi connectivity index (χ0) is 13.8. The Labute approximate surface area is 125 Å². The van der Waals surface area contributed by atoms with Crippen molar-refractivity contribution in [2.45, 2.75) is 12.6 Å². The number of likely N-dealkylation sites (N-methyl/N-ethyl adjacent to an activating group) is 1. The van der Waals surface area contributed by atoms with E-state index in [1.165, 1.54) is 4.88 Å². The molecule has 5 heteroatoms. The van der Waals surface area contributed by atoms with E-state index in [-0.39, 0.29) is 5.91 Å². The molecule has 0 fully saturated rings. The van der Waals surface area contributed by atoms with Crippen LogP contribution in [-0.2, 0) is 11.3 Å².